The number of amides is 1. The fraction of sp³-hybridized carbons (Fsp3) is 0.474. The molecule has 29 heavy (non-hydrogen) atoms. The van der Waals surface area contributed by atoms with Crippen molar-refractivity contribution in [3.63, 3.8) is 0 Å². The van der Waals surface area contributed by atoms with Crippen molar-refractivity contribution in [1.82, 2.24) is 15.1 Å². The summed E-state index contributed by atoms with van der Waals surface area (Å²) in [7, 11) is 0. The van der Waals surface area contributed by atoms with Gasteiger partial charge in [-0.3, -0.25) is 4.79 Å². The molecule has 0 unspecified atom stereocenters. The summed E-state index contributed by atoms with van der Waals surface area (Å²) in [5.41, 5.74) is 0.138. The first-order valence-electron chi connectivity index (χ1n) is 9.16. The first-order valence-corrected chi connectivity index (χ1v) is 9.16. The molecule has 0 fully saturated rings. The maximum Gasteiger partial charge on any atom is 0.410 e. The van der Waals surface area contributed by atoms with Gasteiger partial charge in [0, 0.05) is 12.0 Å². The first kappa shape index (κ1) is 19.4. The molecule has 2 aromatic rings. The highest BCUT2D eigenvalue weighted by atomic mass is 19.4. The Bertz CT molecular complexity index is 949. The standard InChI is InChI=1S/C19H21F3N4O3/c1-18(2,3)25-17(27)11-8-23-26-15(19(20,21)22)7-12(24-16(11)26)10-4-5-13-14(6-10)29-9-28-13/h4-6,8,12,15,24H,7,9H2,1-3H3,(H,25,27)/t12-,15+/m1/s1. The molecule has 1 aromatic carbocycles. The molecule has 1 aromatic heterocycles. The van der Waals surface area contributed by atoms with Gasteiger partial charge in [0.25, 0.3) is 5.91 Å². The number of carbonyl (C=O) groups excluding carboxylic acids is 1. The highest BCUT2D eigenvalue weighted by Gasteiger charge is 2.47. The van der Waals surface area contributed by atoms with Gasteiger partial charge < -0.3 is 20.1 Å². The van der Waals surface area contributed by atoms with E-state index in [1.807, 2.05) is 0 Å². The van der Waals surface area contributed by atoms with E-state index >= 15 is 0 Å². The van der Waals surface area contributed by atoms with Gasteiger partial charge in [-0.1, -0.05) is 6.07 Å². The Balaban J connectivity index is 1.72. The van der Waals surface area contributed by atoms with Gasteiger partial charge in [-0.05, 0) is 38.5 Å². The van der Waals surface area contributed by atoms with Gasteiger partial charge in [0.2, 0.25) is 6.79 Å². The molecule has 0 bridgehead atoms. The second kappa shape index (κ2) is 6.57. The van der Waals surface area contributed by atoms with Crippen LogP contribution in [-0.2, 0) is 0 Å². The number of hydrogen-bond acceptors (Lipinski definition) is 5. The normalized spacial score (nSPS) is 20.8. The van der Waals surface area contributed by atoms with Crippen molar-refractivity contribution in [1.29, 1.82) is 0 Å². The summed E-state index contributed by atoms with van der Waals surface area (Å²) in [4.78, 5) is 12.6. The van der Waals surface area contributed by atoms with Crippen LogP contribution in [0.25, 0.3) is 0 Å². The quantitative estimate of drug-likeness (QED) is 0.788. The zero-order valence-corrected chi connectivity index (χ0v) is 16.1. The van der Waals surface area contributed by atoms with Gasteiger partial charge in [0.15, 0.2) is 17.5 Å². The van der Waals surface area contributed by atoms with E-state index in [0.29, 0.717) is 17.1 Å². The lowest BCUT2D eigenvalue weighted by Crippen LogP contribution is -2.41. The minimum atomic E-state index is -4.52. The molecule has 0 aliphatic carbocycles. The van der Waals surface area contributed by atoms with Crippen LogP contribution in [0.5, 0.6) is 11.5 Å². The number of aromatic nitrogens is 2. The summed E-state index contributed by atoms with van der Waals surface area (Å²) in [6.45, 7) is 5.46. The molecule has 3 heterocycles. The molecule has 2 N–H and O–H groups in total. The number of rotatable bonds is 2. The Hall–Kier alpha value is -2.91. The Kier molecular flexibility index (Phi) is 4.39. The van der Waals surface area contributed by atoms with E-state index in [-0.39, 0.29) is 24.6 Å². The number of anilines is 1. The van der Waals surface area contributed by atoms with E-state index in [0.717, 1.165) is 4.68 Å². The predicted molar refractivity (Wildman–Crippen MR) is 98.1 cm³/mol. The van der Waals surface area contributed by atoms with E-state index in [9.17, 15) is 18.0 Å². The van der Waals surface area contributed by atoms with Crippen molar-refractivity contribution in [3.05, 3.63) is 35.5 Å². The smallest absolute Gasteiger partial charge is 0.410 e. The Morgan fingerprint density at radius 2 is 1.97 bits per heavy atom. The van der Waals surface area contributed by atoms with Crippen LogP contribution in [0.2, 0.25) is 0 Å². The molecule has 2 aliphatic heterocycles. The minimum absolute atomic E-state index is 0.0444. The monoisotopic (exact) mass is 410 g/mol. The number of nitrogens with one attached hydrogen (secondary N) is 2. The fourth-order valence-electron chi connectivity index (χ4n) is 3.49. The number of fused-ring (bicyclic) bond motifs is 2. The second-order valence-corrected chi connectivity index (χ2v) is 8.16. The molecule has 10 heteroatoms. The lowest BCUT2D eigenvalue weighted by atomic mass is 9.96. The van der Waals surface area contributed by atoms with Crippen molar-refractivity contribution in [2.75, 3.05) is 12.1 Å². The van der Waals surface area contributed by atoms with E-state index in [4.69, 9.17) is 9.47 Å². The van der Waals surface area contributed by atoms with Crippen LogP contribution >= 0.6 is 0 Å². The van der Waals surface area contributed by atoms with Gasteiger partial charge in [-0.2, -0.15) is 18.3 Å². The van der Waals surface area contributed by atoms with Crippen molar-refractivity contribution in [2.24, 2.45) is 0 Å². The van der Waals surface area contributed by atoms with Crippen molar-refractivity contribution >= 4 is 11.7 Å². The minimum Gasteiger partial charge on any atom is -0.454 e. The third-order valence-corrected chi connectivity index (χ3v) is 4.77. The van der Waals surface area contributed by atoms with E-state index in [1.165, 1.54) is 6.20 Å². The summed E-state index contributed by atoms with van der Waals surface area (Å²) in [5, 5.41) is 9.70. The van der Waals surface area contributed by atoms with Crippen LogP contribution in [0.4, 0.5) is 19.0 Å². The van der Waals surface area contributed by atoms with Crippen molar-refractivity contribution in [3.8, 4) is 11.5 Å². The lowest BCUT2D eigenvalue weighted by Gasteiger charge is -2.34. The Labute approximate surface area is 165 Å². The summed E-state index contributed by atoms with van der Waals surface area (Å²) >= 11 is 0. The largest absolute Gasteiger partial charge is 0.454 e. The summed E-state index contributed by atoms with van der Waals surface area (Å²) in [6, 6.07) is 2.49. The molecular formula is C19H21F3N4O3. The highest BCUT2D eigenvalue weighted by Crippen LogP contribution is 2.45. The predicted octanol–water partition coefficient (Wildman–Crippen LogP) is 3.80. The molecule has 2 aliphatic rings. The first-order chi connectivity index (χ1) is 13.5. The van der Waals surface area contributed by atoms with E-state index < -0.39 is 29.7 Å². The van der Waals surface area contributed by atoms with Crippen LogP contribution in [-0.4, -0.2) is 34.2 Å². The maximum atomic E-state index is 13.8. The Morgan fingerprint density at radius 1 is 1.24 bits per heavy atom. The lowest BCUT2D eigenvalue weighted by molar-refractivity contribution is -0.173. The maximum absolute atomic E-state index is 13.8. The molecule has 1 amide bonds. The number of benzene rings is 1. The molecule has 4 rings (SSSR count). The van der Waals surface area contributed by atoms with Crippen LogP contribution in [0.1, 0.15) is 55.2 Å². The number of alkyl halides is 3. The highest BCUT2D eigenvalue weighted by molar-refractivity contribution is 5.99. The SMILES string of the molecule is CC(C)(C)NC(=O)c1cnn2c1N[C@@H](c1ccc3c(c1)OCO3)C[C@H]2C(F)(F)F. The van der Waals surface area contributed by atoms with Crippen molar-refractivity contribution < 1.29 is 27.4 Å². The van der Waals surface area contributed by atoms with Gasteiger partial charge >= 0.3 is 6.18 Å². The Morgan fingerprint density at radius 3 is 2.66 bits per heavy atom. The third-order valence-electron chi connectivity index (χ3n) is 4.77. The molecule has 7 nitrogen and oxygen atoms in total. The van der Waals surface area contributed by atoms with Gasteiger partial charge in [0.1, 0.15) is 11.4 Å². The number of ether oxygens (including phenoxy) is 2. The van der Waals surface area contributed by atoms with Crippen LogP contribution in [0.3, 0.4) is 0 Å². The number of hydrogen-bond donors (Lipinski definition) is 2. The summed E-state index contributed by atoms with van der Waals surface area (Å²) in [5.74, 6) is 0.589. The zero-order chi connectivity index (χ0) is 21.0. The van der Waals surface area contributed by atoms with Crippen LogP contribution in [0.15, 0.2) is 24.4 Å². The molecule has 0 radical (unpaired) electrons. The van der Waals surface area contributed by atoms with Gasteiger partial charge in [0.05, 0.1) is 12.2 Å². The van der Waals surface area contributed by atoms with Gasteiger partial charge in [-0.25, -0.2) is 4.68 Å². The number of carbonyl (C=O) groups is 1. The molecule has 156 valence electrons. The van der Waals surface area contributed by atoms with E-state index in [2.05, 4.69) is 15.7 Å². The third kappa shape index (κ3) is 3.70. The molecular weight excluding hydrogens is 389 g/mol. The average Bonchev–Trinajstić information content (AvgIpc) is 3.24. The van der Waals surface area contributed by atoms with Crippen molar-refractivity contribution in [2.45, 2.75) is 51.0 Å². The number of nitrogens with zero attached hydrogens (tertiary/aromatic N) is 2. The van der Waals surface area contributed by atoms with Crippen LogP contribution in [0, 0.1) is 0 Å². The summed E-state index contributed by atoms with van der Waals surface area (Å²) in [6.07, 6.45) is -3.61. The molecule has 0 saturated carbocycles. The average molecular weight is 410 g/mol. The topological polar surface area (TPSA) is 77.4 Å². The number of halogens is 3. The molecule has 0 spiro atoms. The second-order valence-electron chi connectivity index (χ2n) is 8.16. The van der Waals surface area contributed by atoms with Gasteiger partial charge in [-0.15, -0.1) is 0 Å². The fourth-order valence-corrected chi connectivity index (χ4v) is 3.49. The summed E-state index contributed by atoms with van der Waals surface area (Å²) < 4.78 is 52.8. The van der Waals surface area contributed by atoms with E-state index in [1.54, 1.807) is 39.0 Å². The molecule has 0 saturated heterocycles. The zero-order valence-electron chi connectivity index (χ0n) is 16.1. The van der Waals surface area contributed by atoms with Crippen LogP contribution < -0.4 is 20.1 Å². The molecule has 2 atom stereocenters.